The van der Waals surface area contributed by atoms with Crippen LogP contribution in [-0.2, 0) is 6.54 Å². The van der Waals surface area contributed by atoms with E-state index in [1.165, 1.54) is 6.07 Å². The van der Waals surface area contributed by atoms with Crippen LogP contribution in [0.25, 0.3) is 0 Å². The number of aliphatic hydroxyl groups is 1. The number of aliphatic hydroxyl groups excluding tert-OH is 1. The molecule has 0 saturated heterocycles. The molecule has 0 radical (unpaired) electrons. The second-order valence-corrected chi connectivity index (χ2v) is 5.05. The fraction of sp³-hybridized carbons (Fsp3) is 0.312. The molecule has 0 bridgehead atoms. The van der Waals surface area contributed by atoms with Crippen molar-refractivity contribution in [3.05, 3.63) is 59.2 Å². The van der Waals surface area contributed by atoms with E-state index in [1.807, 2.05) is 24.1 Å². The van der Waals surface area contributed by atoms with Crippen LogP contribution in [0.2, 0.25) is 0 Å². The molecule has 1 unspecified atom stereocenters. The quantitative estimate of drug-likeness (QED) is 0.930. The molecule has 0 saturated carbocycles. The van der Waals surface area contributed by atoms with Crippen molar-refractivity contribution < 1.29 is 9.50 Å². The van der Waals surface area contributed by atoms with Crippen molar-refractivity contribution in [2.45, 2.75) is 26.5 Å². The smallest absolute Gasteiger partial charge is 0.126 e. The highest BCUT2D eigenvalue weighted by Gasteiger charge is 2.15. The Morgan fingerprint density at radius 2 is 1.95 bits per heavy atom. The Labute approximate surface area is 118 Å². The molecule has 2 aromatic rings. The Morgan fingerprint density at radius 1 is 1.30 bits per heavy atom. The summed E-state index contributed by atoms with van der Waals surface area (Å²) in [6.45, 7) is 4.05. The van der Waals surface area contributed by atoms with Crippen molar-refractivity contribution in [3.8, 4) is 0 Å². The van der Waals surface area contributed by atoms with Crippen molar-refractivity contribution in [2.75, 3.05) is 11.9 Å². The van der Waals surface area contributed by atoms with Crippen LogP contribution in [-0.4, -0.2) is 17.1 Å². The second-order valence-electron chi connectivity index (χ2n) is 5.05. The summed E-state index contributed by atoms with van der Waals surface area (Å²) in [7, 11) is 1.93. The molecule has 1 aromatic carbocycles. The maximum Gasteiger partial charge on any atom is 0.126 e. The van der Waals surface area contributed by atoms with Gasteiger partial charge in [0.15, 0.2) is 0 Å². The lowest BCUT2D eigenvalue weighted by Crippen LogP contribution is -2.19. The first-order valence-electron chi connectivity index (χ1n) is 6.57. The van der Waals surface area contributed by atoms with Gasteiger partial charge in [-0.2, -0.15) is 0 Å². The van der Waals surface area contributed by atoms with E-state index >= 15 is 0 Å². The molecule has 106 valence electrons. The monoisotopic (exact) mass is 274 g/mol. The summed E-state index contributed by atoms with van der Waals surface area (Å²) >= 11 is 0. The summed E-state index contributed by atoms with van der Waals surface area (Å²) in [6, 6.07) is 7.07. The molecule has 0 fully saturated rings. The zero-order valence-corrected chi connectivity index (χ0v) is 12.0. The predicted molar refractivity (Wildman–Crippen MR) is 78.1 cm³/mol. The number of pyridine rings is 1. The summed E-state index contributed by atoms with van der Waals surface area (Å²) in [6.07, 6.45) is 2.78. The number of benzene rings is 1. The Balaban J connectivity index is 2.33. The van der Waals surface area contributed by atoms with Gasteiger partial charge in [0.25, 0.3) is 0 Å². The number of hydrogen-bond acceptors (Lipinski definition) is 3. The normalized spacial score (nSPS) is 12.2. The summed E-state index contributed by atoms with van der Waals surface area (Å²) in [4.78, 5) is 5.99. The van der Waals surface area contributed by atoms with E-state index in [9.17, 15) is 9.50 Å². The highest BCUT2D eigenvalue weighted by molar-refractivity contribution is 5.56. The summed E-state index contributed by atoms with van der Waals surface area (Å²) in [5.74, 6) is -0.290. The Bertz CT molecular complexity index is 585. The molecule has 1 N–H and O–H groups in total. The minimum Gasteiger partial charge on any atom is -0.389 e. The lowest BCUT2D eigenvalue weighted by atomic mass is 10.0. The van der Waals surface area contributed by atoms with Crippen molar-refractivity contribution in [1.82, 2.24) is 4.98 Å². The van der Waals surface area contributed by atoms with Crippen LogP contribution in [0.3, 0.4) is 0 Å². The van der Waals surface area contributed by atoms with E-state index in [0.29, 0.717) is 17.7 Å². The molecule has 0 aliphatic rings. The SMILES string of the molecule is Cc1cc(N(C)Cc2ccncc2)c(C(C)O)cc1F. The largest absolute Gasteiger partial charge is 0.389 e. The van der Waals surface area contributed by atoms with Crippen molar-refractivity contribution in [3.63, 3.8) is 0 Å². The fourth-order valence-electron chi connectivity index (χ4n) is 2.19. The van der Waals surface area contributed by atoms with Crippen LogP contribution in [0.15, 0.2) is 36.7 Å². The Morgan fingerprint density at radius 3 is 2.55 bits per heavy atom. The molecule has 4 heteroatoms. The molecule has 0 aliphatic heterocycles. The Hall–Kier alpha value is -1.94. The standard InChI is InChI=1S/C16H19FN2O/c1-11-8-16(14(12(2)20)9-15(11)17)19(3)10-13-4-6-18-7-5-13/h4-9,12,20H,10H2,1-3H3. The van der Waals surface area contributed by atoms with E-state index in [1.54, 1.807) is 32.3 Å². The van der Waals surface area contributed by atoms with E-state index in [4.69, 9.17) is 0 Å². The Kier molecular flexibility index (Phi) is 4.35. The fourth-order valence-corrected chi connectivity index (χ4v) is 2.19. The number of aryl methyl sites for hydroxylation is 1. The van der Waals surface area contributed by atoms with Gasteiger partial charge >= 0.3 is 0 Å². The van der Waals surface area contributed by atoms with Gasteiger partial charge in [-0.05, 0) is 49.2 Å². The maximum atomic E-state index is 13.7. The van der Waals surface area contributed by atoms with Gasteiger partial charge in [-0.3, -0.25) is 4.98 Å². The topological polar surface area (TPSA) is 36.4 Å². The number of anilines is 1. The van der Waals surface area contributed by atoms with Gasteiger partial charge in [-0.1, -0.05) is 0 Å². The van der Waals surface area contributed by atoms with Crippen LogP contribution in [0.1, 0.15) is 29.7 Å². The number of hydrogen-bond donors (Lipinski definition) is 1. The molecular formula is C16H19FN2O. The first-order chi connectivity index (χ1) is 9.49. The summed E-state index contributed by atoms with van der Waals surface area (Å²) in [5, 5.41) is 9.83. The van der Waals surface area contributed by atoms with E-state index in [2.05, 4.69) is 4.98 Å². The van der Waals surface area contributed by atoms with E-state index in [-0.39, 0.29) is 5.82 Å². The summed E-state index contributed by atoms with van der Waals surface area (Å²) in [5.41, 5.74) is 3.13. The van der Waals surface area contributed by atoms with Crippen molar-refractivity contribution in [1.29, 1.82) is 0 Å². The zero-order chi connectivity index (χ0) is 14.7. The second kappa shape index (κ2) is 6.01. The van der Waals surface area contributed by atoms with Crippen LogP contribution in [0, 0.1) is 12.7 Å². The molecule has 20 heavy (non-hydrogen) atoms. The third-order valence-electron chi connectivity index (χ3n) is 3.34. The maximum absolute atomic E-state index is 13.7. The van der Waals surface area contributed by atoms with Crippen LogP contribution >= 0.6 is 0 Å². The van der Waals surface area contributed by atoms with Crippen LogP contribution < -0.4 is 4.90 Å². The van der Waals surface area contributed by atoms with Gasteiger partial charge in [0.2, 0.25) is 0 Å². The molecule has 0 aliphatic carbocycles. The molecular weight excluding hydrogens is 255 g/mol. The molecule has 0 spiro atoms. The van der Waals surface area contributed by atoms with Gasteiger partial charge in [0.1, 0.15) is 5.82 Å². The first-order valence-corrected chi connectivity index (χ1v) is 6.57. The van der Waals surface area contributed by atoms with Gasteiger partial charge in [0.05, 0.1) is 6.10 Å². The number of nitrogens with zero attached hydrogens (tertiary/aromatic N) is 2. The van der Waals surface area contributed by atoms with Gasteiger partial charge < -0.3 is 10.0 Å². The summed E-state index contributed by atoms with van der Waals surface area (Å²) < 4.78 is 13.7. The lowest BCUT2D eigenvalue weighted by molar-refractivity contribution is 0.199. The first kappa shape index (κ1) is 14.5. The molecule has 1 atom stereocenters. The number of rotatable bonds is 4. The van der Waals surface area contributed by atoms with Crippen LogP contribution in [0.4, 0.5) is 10.1 Å². The van der Waals surface area contributed by atoms with Crippen molar-refractivity contribution in [2.24, 2.45) is 0 Å². The van der Waals surface area contributed by atoms with Crippen LogP contribution in [0.5, 0.6) is 0 Å². The zero-order valence-electron chi connectivity index (χ0n) is 12.0. The lowest BCUT2D eigenvalue weighted by Gasteiger charge is -2.24. The number of halogens is 1. The third kappa shape index (κ3) is 3.14. The molecule has 1 heterocycles. The average Bonchev–Trinajstić information content (AvgIpc) is 2.42. The van der Waals surface area contributed by atoms with Gasteiger partial charge in [-0.15, -0.1) is 0 Å². The molecule has 1 aromatic heterocycles. The highest BCUT2D eigenvalue weighted by Crippen LogP contribution is 2.29. The molecule has 0 amide bonds. The average molecular weight is 274 g/mol. The predicted octanol–water partition coefficient (Wildman–Crippen LogP) is 3.22. The highest BCUT2D eigenvalue weighted by atomic mass is 19.1. The van der Waals surface area contributed by atoms with Gasteiger partial charge in [0, 0.05) is 37.2 Å². The third-order valence-corrected chi connectivity index (χ3v) is 3.34. The van der Waals surface area contributed by atoms with E-state index < -0.39 is 6.10 Å². The van der Waals surface area contributed by atoms with Gasteiger partial charge in [-0.25, -0.2) is 4.39 Å². The van der Waals surface area contributed by atoms with E-state index in [0.717, 1.165) is 11.3 Å². The number of aromatic nitrogens is 1. The molecule has 3 nitrogen and oxygen atoms in total. The van der Waals surface area contributed by atoms with Crippen molar-refractivity contribution >= 4 is 5.69 Å². The molecule has 2 rings (SSSR count). The minimum atomic E-state index is -0.708. The minimum absolute atomic E-state index is 0.290.